The third-order valence-electron chi connectivity index (χ3n) is 6.31. The van der Waals surface area contributed by atoms with E-state index in [0.29, 0.717) is 48.5 Å². The first-order chi connectivity index (χ1) is 13.9. The molecule has 0 radical (unpaired) electrons. The zero-order valence-electron chi connectivity index (χ0n) is 17.2. The fourth-order valence-electron chi connectivity index (χ4n) is 4.34. The SMILES string of the molecule is CC[NH+]1CCN(C(=O)c2oc3ccc(S(=O)(=O)N4CCCCC4)cc3c2C)CC1. The van der Waals surface area contributed by atoms with Gasteiger partial charge in [-0.1, -0.05) is 6.42 Å². The molecule has 1 N–H and O–H groups in total. The lowest BCUT2D eigenvalue weighted by Gasteiger charge is -2.31. The molecule has 4 rings (SSSR count). The first-order valence-corrected chi connectivity index (χ1v) is 12.0. The summed E-state index contributed by atoms with van der Waals surface area (Å²) in [4.78, 5) is 16.6. The molecule has 2 saturated heterocycles. The lowest BCUT2D eigenvalue weighted by Crippen LogP contribution is -3.14. The number of benzene rings is 1. The molecule has 2 aromatic rings. The molecule has 2 aliphatic heterocycles. The standard InChI is InChI=1S/C21H29N3O4S/c1-3-22-11-13-23(14-12-22)21(25)20-16(2)18-15-17(7-8-19(18)28-20)29(26,27)24-9-5-4-6-10-24/h7-8,15H,3-6,9-14H2,1-2H3/p+1. The molecule has 158 valence electrons. The van der Waals surface area contributed by atoms with Gasteiger partial charge in [0.25, 0.3) is 5.91 Å². The van der Waals surface area contributed by atoms with Crippen LogP contribution in [0.4, 0.5) is 0 Å². The van der Waals surface area contributed by atoms with Crippen LogP contribution in [0.15, 0.2) is 27.5 Å². The third-order valence-corrected chi connectivity index (χ3v) is 8.21. The molecule has 3 heterocycles. The molecule has 7 nitrogen and oxygen atoms in total. The Kier molecular flexibility index (Phi) is 5.68. The van der Waals surface area contributed by atoms with Gasteiger partial charge < -0.3 is 14.2 Å². The summed E-state index contributed by atoms with van der Waals surface area (Å²) >= 11 is 0. The van der Waals surface area contributed by atoms with Gasteiger partial charge in [0.1, 0.15) is 5.58 Å². The lowest BCUT2D eigenvalue weighted by atomic mass is 10.1. The van der Waals surface area contributed by atoms with Crippen LogP contribution in [0.1, 0.15) is 42.3 Å². The number of hydrogen-bond donors (Lipinski definition) is 1. The number of aryl methyl sites for hydroxylation is 1. The highest BCUT2D eigenvalue weighted by Crippen LogP contribution is 2.30. The fourth-order valence-corrected chi connectivity index (χ4v) is 5.89. The number of likely N-dealkylation sites (N-methyl/N-ethyl adjacent to an activating group) is 1. The van der Waals surface area contributed by atoms with Gasteiger partial charge in [0.05, 0.1) is 37.6 Å². The molecule has 0 atom stereocenters. The number of fused-ring (bicyclic) bond motifs is 1. The van der Waals surface area contributed by atoms with Crippen LogP contribution in [-0.4, -0.2) is 69.3 Å². The maximum absolute atomic E-state index is 13.0. The monoisotopic (exact) mass is 420 g/mol. The quantitative estimate of drug-likeness (QED) is 0.809. The average molecular weight is 421 g/mol. The van der Waals surface area contributed by atoms with E-state index in [1.54, 1.807) is 22.5 Å². The van der Waals surface area contributed by atoms with Crippen LogP contribution in [0.3, 0.4) is 0 Å². The van der Waals surface area contributed by atoms with Crippen molar-refractivity contribution >= 4 is 26.9 Å². The number of carbonyl (C=O) groups is 1. The number of rotatable bonds is 4. The molecule has 8 heteroatoms. The highest BCUT2D eigenvalue weighted by atomic mass is 32.2. The summed E-state index contributed by atoms with van der Waals surface area (Å²) in [6.45, 7) is 9.52. The van der Waals surface area contributed by atoms with E-state index in [2.05, 4.69) is 6.92 Å². The number of amides is 1. The molecule has 1 aromatic heterocycles. The van der Waals surface area contributed by atoms with E-state index in [-0.39, 0.29) is 10.8 Å². The molecule has 0 aliphatic carbocycles. The van der Waals surface area contributed by atoms with Crippen LogP contribution >= 0.6 is 0 Å². The zero-order chi connectivity index (χ0) is 20.6. The highest BCUT2D eigenvalue weighted by molar-refractivity contribution is 7.89. The van der Waals surface area contributed by atoms with E-state index in [1.807, 2.05) is 11.8 Å². The summed E-state index contributed by atoms with van der Waals surface area (Å²) < 4.78 is 33.5. The van der Waals surface area contributed by atoms with E-state index >= 15 is 0 Å². The Morgan fingerprint density at radius 3 is 2.45 bits per heavy atom. The second kappa shape index (κ2) is 8.08. The second-order valence-electron chi connectivity index (χ2n) is 8.07. The summed E-state index contributed by atoms with van der Waals surface area (Å²) in [7, 11) is -3.52. The van der Waals surface area contributed by atoms with Gasteiger partial charge in [-0.2, -0.15) is 4.31 Å². The molecule has 0 spiro atoms. The van der Waals surface area contributed by atoms with Crippen molar-refractivity contribution < 1.29 is 22.5 Å². The molecule has 2 aliphatic rings. The predicted octanol–water partition coefficient (Wildman–Crippen LogP) is 1.28. The minimum atomic E-state index is -3.52. The van der Waals surface area contributed by atoms with Gasteiger partial charge >= 0.3 is 0 Å². The molecule has 29 heavy (non-hydrogen) atoms. The number of nitrogens with zero attached hydrogens (tertiary/aromatic N) is 2. The van der Waals surface area contributed by atoms with Gasteiger partial charge in [-0.15, -0.1) is 0 Å². The van der Waals surface area contributed by atoms with Crippen LogP contribution in [0.5, 0.6) is 0 Å². The number of carbonyl (C=O) groups excluding carboxylic acids is 1. The van der Waals surface area contributed by atoms with E-state index in [0.717, 1.165) is 38.9 Å². The summed E-state index contributed by atoms with van der Waals surface area (Å²) in [5.74, 6) is 0.224. The number of hydrogen-bond acceptors (Lipinski definition) is 4. The minimum absolute atomic E-state index is 0.103. The van der Waals surface area contributed by atoms with E-state index < -0.39 is 10.0 Å². The predicted molar refractivity (Wildman–Crippen MR) is 111 cm³/mol. The molecule has 1 amide bonds. The summed E-state index contributed by atoms with van der Waals surface area (Å²) in [6, 6.07) is 4.93. The smallest absolute Gasteiger partial charge is 0.290 e. The number of piperidine rings is 1. The Balaban J connectivity index is 1.62. The van der Waals surface area contributed by atoms with Gasteiger partial charge in [-0.25, -0.2) is 8.42 Å². The van der Waals surface area contributed by atoms with Crippen LogP contribution in [0.25, 0.3) is 11.0 Å². The van der Waals surface area contributed by atoms with Crippen molar-refractivity contribution in [2.75, 3.05) is 45.8 Å². The topological polar surface area (TPSA) is 75.3 Å². The molecular formula is C21H30N3O4S+. The van der Waals surface area contributed by atoms with Gasteiger partial charge in [0.15, 0.2) is 5.76 Å². The van der Waals surface area contributed by atoms with Gasteiger partial charge in [-0.3, -0.25) is 4.79 Å². The first kappa shape index (κ1) is 20.4. The van der Waals surface area contributed by atoms with Crippen LogP contribution in [-0.2, 0) is 10.0 Å². The van der Waals surface area contributed by atoms with Crippen LogP contribution in [0.2, 0.25) is 0 Å². The highest BCUT2D eigenvalue weighted by Gasteiger charge is 2.30. The Morgan fingerprint density at radius 2 is 1.79 bits per heavy atom. The molecule has 2 fully saturated rings. The summed E-state index contributed by atoms with van der Waals surface area (Å²) in [5.41, 5.74) is 1.27. The summed E-state index contributed by atoms with van der Waals surface area (Å²) in [6.07, 6.45) is 2.88. The maximum Gasteiger partial charge on any atom is 0.290 e. The van der Waals surface area contributed by atoms with E-state index in [9.17, 15) is 13.2 Å². The Hall–Kier alpha value is -1.90. The number of quaternary nitrogens is 1. The third kappa shape index (κ3) is 3.81. The minimum Gasteiger partial charge on any atom is -0.451 e. The van der Waals surface area contributed by atoms with Gasteiger partial charge in [0.2, 0.25) is 10.0 Å². The normalized spacial score (nSPS) is 19.7. The van der Waals surface area contributed by atoms with Gasteiger partial charge in [0, 0.05) is 24.0 Å². The summed E-state index contributed by atoms with van der Waals surface area (Å²) in [5, 5.41) is 0.698. The number of piperazine rings is 1. The van der Waals surface area contributed by atoms with Crippen molar-refractivity contribution in [3.05, 3.63) is 29.5 Å². The Bertz CT molecular complexity index is 1000. The molecule has 0 unspecified atom stereocenters. The Morgan fingerprint density at radius 1 is 1.10 bits per heavy atom. The van der Waals surface area contributed by atoms with Crippen molar-refractivity contribution in [2.24, 2.45) is 0 Å². The second-order valence-corrected chi connectivity index (χ2v) is 10.0. The van der Waals surface area contributed by atoms with Crippen molar-refractivity contribution in [1.82, 2.24) is 9.21 Å². The van der Waals surface area contributed by atoms with Crippen molar-refractivity contribution in [3.8, 4) is 0 Å². The van der Waals surface area contributed by atoms with E-state index in [4.69, 9.17) is 4.42 Å². The molecular weight excluding hydrogens is 390 g/mol. The molecule has 0 bridgehead atoms. The zero-order valence-corrected chi connectivity index (χ0v) is 18.1. The number of sulfonamides is 1. The number of nitrogens with one attached hydrogen (secondary N) is 1. The molecule has 0 saturated carbocycles. The lowest BCUT2D eigenvalue weighted by molar-refractivity contribution is -0.902. The largest absolute Gasteiger partial charge is 0.451 e. The number of furan rings is 1. The molecule has 1 aromatic carbocycles. The first-order valence-electron chi connectivity index (χ1n) is 10.6. The van der Waals surface area contributed by atoms with Crippen LogP contribution in [0, 0.1) is 6.92 Å². The van der Waals surface area contributed by atoms with E-state index in [1.165, 1.54) is 4.90 Å². The maximum atomic E-state index is 13.0. The van der Waals surface area contributed by atoms with Crippen LogP contribution < -0.4 is 4.90 Å². The van der Waals surface area contributed by atoms with Crippen molar-refractivity contribution in [3.63, 3.8) is 0 Å². The van der Waals surface area contributed by atoms with Crippen molar-refractivity contribution in [1.29, 1.82) is 0 Å². The van der Waals surface area contributed by atoms with Gasteiger partial charge in [-0.05, 0) is 44.9 Å². The fraction of sp³-hybridized carbons (Fsp3) is 0.571. The average Bonchev–Trinajstić information content (AvgIpc) is 3.10. The Labute approximate surface area is 172 Å². The van der Waals surface area contributed by atoms with Crippen molar-refractivity contribution in [2.45, 2.75) is 38.0 Å².